The van der Waals surface area contributed by atoms with E-state index in [0.29, 0.717) is 57.4 Å². The molecule has 0 spiro atoms. The summed E-state index contributed by atoms with van der Waals surface area (Å²) in [6.07, 6.45) is 7.10. The summed E-state index contributed by atoms with van der Waals surface area (Å²) in [5.41, 5.74) is 2.19. The van der Waals surface area contributed by atoms with Gasteiger partial charge in [-0.15, -0.1) is 0 Å². The van der Waals surface area contributed by atoms with Crippen LogP contribution < -0.4 is 16.0 Å². The van der Waals surface area contributed by atoms with Crippen LogP contribution >= 0.6 is 0 Å². The summed E-state index contributed by atoms with van der Waals surface area (Å²) in [6, 6.07) is 14.8. The van der Waals surface area contributed by atoms with Gasteiger partial charge in [0.05, 0.1) is 36.6 Å². The molecule has 3 N–H and O–H groups in total. The summed E-state index contributed by atoms with van der Waals surface area (Å²) in [6.45, 7) is 12.9. The maximum atomic E-state index is 14.3. The molecule has 18 heteroatoms. The largest absolute Gasteiger partial charge is 0.379 e. The molecule has 7 atom stereocenters. The number of carbonyl (C=O) groups is 7. The zero-order chi connectivity index (χ0) is 53.6. The van der Waals surface area contributed by atoms with Crippen LogP contribution in [0.1, 0.15) is 104 Å². The van der Waals surface area contributed by atoms with Crippen LogP contribution in [0.5, 0.6) is 0 Å². The fraction of sp³-hybridized carbons (Fsp3) is 0.600. The second kappa shape index (κ2) is 30.2. The van der Waals surface area contributed by atoms with Gasteiger partial charge in [-0.05, 0) is 54.9 Å². The number of amides is 7. The van der Waals surface area contributed by atoms with E-state index in [2.05, 4.69) is 48.6 Å². The third kappa shape index (κ3) is 17.5. The second-order valence-corrected chi connectivity index (χ2v) is 19.5. The van der Waals surface area contributed by atoms with Crippen molar-refractivity contribution >= 4 is 53.0 Å². The molecule has 7 amide bonds. The van der Waals surface area contributed by atoms with Gasteiger partial charge in [0.1, 0.15) is 12.6 Å². The summed E-state index contributed by atoms with van der Waals surface area (Å²) >= 11 is 0. The first-order valence-corrected chi connectivity index (χ1v) is 26.1. The topological polar surface area (TPSA) is 203 Å². The Hall–Kier alpha value is -6.14. The van der Waals surface area contributed by atoms with Gasteiger partial charge in [0.2, 0.25) is 29.5 Å². The number of aliphatic imine (C=N–C) groups is 1. The number of rotatable bonds is 26. The van der Waals surface area contributed by atoms with Crippen molar-refractivity contribution in [2.75, 3.05) is 73.4 Å². The summed E-state index contributed by atoms with van der Waals surface area (Å²) in [4.78, 5) is 105. The first kappa shape index (κ1) is 59.4. The number of nitrogens with zero attached hydrogens (tertiary/aromatic N) is 6. The smallest absolute Gasteiger partial charge is 0.253 e. The van der Waals surface area contributed by atoms with E-state index in [4.69, 9.17) is 9.47 Å². The fourth-order valence-corrected chi connectivity index (χ4v) is 9.58. The van der Waals surface area contributed by atoms with Crippen molar-refractivity contribution in [3.63, 3.8) is 0 Å². The molecule has 0 saturated carbocycles. The van der Waals surface area contributed by atoms with Crippen LogP contribution in [0, 0.1) is 11.8 Å². The zero-order valence-electron chi connectivity index (χ0n) is 45.1. The number of hydrogen-bond donors (Lipinski definition) is 3. The lowest BCUT2D eigenvalue weighted by Crippen LogP contribution is -2.54. The van der Waals surface area contributed by atoms with E-state index in [1.54, 1.807) is 55.1 Å². The Balaban J connectivity index is 0.00000375. The Kier molecular flexibility index (Phi) is 24.5. The Morgan fingerprint density at radius 1 is 0.822 bits per heavy atom. The van der Waals surface area contributed by atoms with Gasteiger partial charge in [-0.3, -0.25) is 38.5 Å². The molecule has 18 nitrogen and oxygen atoms in total. The van der Waals surface area contributed by atoms with E-state index in [1.807, 2.05) is 54.2 Å². The van der Waals surface area contributed by atoms with Crippen LogP contribution in [-0.2, 0) is 56.0 Å². The highest BCUT2D eigenvalue weighted by atomic mass is 16.5. The van der Waals surface area contributed by atoms with Crippen molar-refractivity contribution in [1.29, 1.82) is 0 Å². The van der Waals surface area contributed by atoms with Crippen LogP contribution in [0.25, 0.3) is 0 Å². The molecule has 0 bridgehead atoms. The third-order valence-electron chi connectivity index (χ3n) is 13.9. The number of benzene rings is 2. The molecule has 0 radical (unpaired) electrons. The van der Waals surface area contributed by atoms with Gasteiger partial charge < -0.3 is 45.0 Å². The molecule has 0 aromatic heterocycles. The Labute approximate surface area is 433 Å². The highest BCUT2D eigenvalue weighted by molar-refractivity contribution is 6.12. The number of likely N-dealkylation sites (tertiary alicyclic amines) is 1. The molecule has 6 unspecified atom stereocenters. The van der Waals surface area contributed by atoms with Crippen molar-refractivity contribution in [3.8, 4) is 0 Å². The molecule has 2 saturated heterocycles. The number of ether oxygens (including phenoxy) is 2. The minimum absolute atomic E-state index is 0.0168. The number of likely N-dealkylation sites (N-methyl/N-ethyl adjacent to an activating group) is 3. The lowest BCUT2D eigenvalue weighted by atomic mass is 9.90. The van der Waals surface area contributed by atoms with Crippen LogP contribution in [0.4, 0.5) is 5.69 Å². The number of methoxy groups -OCH3 is 2. The molecule has 73 heavy (non-hydrogen) atoms. The molecule has 2 aromatic carbocycles. The second-order valence-electron chi connectivity index (χ2n) is 19.5. The van der Waals surface area contributed by atoms with Crippen LogP contribution in [0.15, 0.2) is 71.7 Å². The van der Waals surface area contributed by atoms with Crippen LogP contribution in [0.3, 0.4) is 0 Å². The van der Waals surface area contributed by atoms with Crippen LogP contribution in [-0.4, -0.2) is 170 Å². The minimum atomic E-state index is -0.950. The quantitative estimate of drug-likeness (QED) is 0.0844. The van der Waals surface area contributed by atoms with Crippen molar-refractivity contribution < 1.29 is 43.0 Å². The number of imide groups is 1. The lowest BCUT2D eigenvalue weighted by molar-refractivity contribution is -0.145. The Bertz CT molecular complexity index is 2160. The monoisotopic (exact) mass is 1010 g/mol. The molecular formula is C55H83N9O9. The van der Waals surface area contributed by atoms with Gasteiger partial charge in [-0.25, -0.2) is 4.99 Å². The van der Waals surface area contributed by atoms with E-state index in [0.717, 1.165) is 43.0 Å². The van der Waals surface area contributed by atoms with Crippen molar-refractivity contribution in [1.82, 2.24) is 35.1 Å². The van der Waals surface area contributed by atoms with E-state index in [9.17, 15) is 33.6 Å². The van der Waals surface area contributed by atoms with E-state index in [1.165, 1.54) is 30.6 Å². The van der Waals surface area contributed by atoms with Gasteiger partial charge in [0, 0.05) is 98.8 Å². The number of carbonyl (C=O) groups excluding carboxylic acids is 7. The lowest BCUT2D eigenvalue weighted by Gasteiger charge is -2.39. The van der Waals surface area contributed by atoms with Gasteiger partial charge in [-0.2, -0.15) is 0 Å². The van der Waals surface area contributed by atoms with Gasteiger partial charge in [0.15, 0.2) is 5.96 Å². The SMILES string of the molecule is CCC.CCC(C)C(C(CC(=O)N1CCCC1C(OC)C(C)C(=O)N[C@@H](Cc1ccccc1)C(=O)Nc1ccc(CNC(=O)CCCCCN2C(=O)C=CC2=O)cc1)OC)N(C)C(=O)CN=C1N(C)CCN1C. The number of nitrogens with one attached hydrogen (secondary N) is 3. The number of guanidine groups is 1. The van der Waals surface area contributed by atoms with Crippen molar-refractivity contribution in [2.24, 2.45) is 16.8 Å². The molecular weight excluding hydrogens is 931 g/mol. The first-order valence-electron chi connectivity index (χ1n) is 26.1. The Morgan fingerprint density at radius 3 is 2.07 bits per heavy atom. The average Bonchev–Trinajstić information content (AvgIpc) is 4.09. The minimum Gasteiger partial charge on any atom is -0.379 e. The van der Waals surface area contributed by atoms with E-state index in [-0.39, 0.29) is 54.8 Å². The maximum Gasteiger partial charge on any atom is 0.253 e. The molecule has 5 rings (SSSR count). The molecule has 3 heterocycles. The molecule has 0 aliphatic carbocycles. The van der Waals surface area contributed by atoms with E-state index < -0.39 is 48.1 Å². The fourth-order valence-electron chi connectivity index (χ4n) is 9.58. The van der Waals surface area contributed by atoms with Crippen LogP contribution in [0.2, 0.25) is 0 Å². The summed E-state index contributed by atoms with van der Waals surface area (Å²) in [7, 11) is 8.76. The van der Waals surface area contributed by atoms with Crippen molar-refractivity contribution in [2.45, 2.75) is 136 Å². The van der Waals surface area contributed by atoms with Crippen molar-refractivity contribution in [3.05, 3.63) is 77.9 Å². The number of hydrogen-bond acceptors (Lipinski definition) is 10. The average molecular weight is 1010 g/mol. The van der Waals surface area contributed by atoms with E-state index >= 15 is 0 Å². The molecule has 2 aromatic rings. The number of anilines is 1. The highest BCUT2D eigenvalue weighted by Gasteiger charge is 2.42. The zero-order valence-corrected chi connectivity index (χ0v) is 45.1. The van der Waals surface area contributed by atoms with Gasteiger partial charge in [-0.1, -0.05) is 96.3 Å². The first-order chi connectivity index (χ1) is 35.0. The molecule has 402 valence electrons. The predicted molar refractivity (Wildman–Crippen MR) is 283 cm³/mol. The molecule has 3 aliphatic heterocycles. The Morgan fingerprint density at radius 2 is 1.47 bits per heavy atom. The summed E-state index contributed by atoms with van der Waals surface area (Å²) in [5, 5.41) is 8.85. The predicted octanol–water partition coefficient (Wildman–Crippen LogP) is 5.02. The summed E-state index contributed by atoms with van der Waals surface area (Å²) < 4.78 is 12.0. The molecule has 2 fully saturated rings. The summed E-state index contributed by atoms with van der Waals surface area (Å²) in [5.74, 6) is -1.82. The maximum absolute atomic E-state index is 14.3. The van der Waals surface area contributed by atoms with Gasteiger partial charge >= 0.3 is 0 Å². The molecule has 3 aliphatic rings. The highest BCUT2D eigenvalue weighted by Crippen LogP contribution is 2.30. The third-order valence-corrected chi connectivity index (χ3v) is 13.9. The number of unbranched alkanes of at least 4 members (excludes halogenated alkanes) is 2. The normalized spacial score (nSPS) is 17.8. The standard InChI is InChI=1S/C52H75N9O9.C3H8/c1-9-35(2)48(59(6)47(66)34-54-52-57(4)29-30-58(52)5)42(69-7)32-46(65)60-28-16-19-41(60)49(70-8)36(3)50(67)56-40(31-37-17-12-10-13-18-37)51(68)55-39-23-21-38(22-24-39)33-53-43(62)20-14-11-15-27-61-44(63)25-26-45(61)64;1-3-2/h10,12-13,17-18,21-26,35-36,40-42,48-49H,9,11,14-16,19-20,27-34H2,1-8H3,(H,53,62)(H,55,68)(H,56,67);3H2,1-2H3/t35?,36?,40-,41?,42?,48?,49?;/m0./s1. The van der Waals surface area contributed by atoms with Gasteiger partial charge in [0.25, 0.3) is 11.8 Å².